The van der Waals surface area contributed by atoms with Crippen LogP contribution in [0.5, 0.6) is 0 Å². The second-order valence-corrected chi connectivity index (χ2v) is 5.84. The van der Waals surface area contributed by atoms with Crippen LogP contribution in [0.4, 0.5) is 4.39 Å². The van der Waals surface area contributed by atoms with E-state index in [0.717, 1.165) is 12.1 Å². The van der Waals surface area contributed by atoms with Crippen LogP contribution in [0.3, 0.4) is 0 Å². The predicted molar refractivity (Wildman–Crippen MR) is 63.6 cm³/mol. The van der Waals surface area contributed by atoms with Crippen LogP contribution in [0, 0.1) is 12.7 Å². The maximum atomic E-state index is 13.5. The minimum absolute atomic E-state index is 0.104. The van der Waals surface area contributed by atoms with Gasteiger partial charge in [-0.05, 0) is 32.9 Å². The Labute approximate surface area is 105 Å². The van der Waals surface area contributed by atoms with Gasteiger partial charge in [0.1, 0.15) is 5.82 Å². The molecule has 1 rings (SSSR count). The number of hydrogen-bond acceptors (Lipinski definition) is 3. The van der Waals surface area contributed by atoms with Gasteiger partial charge in [-0.3, -0.25) is 0 Å². The second kappa shape index (κ2) is 5.03. The van der Waals surface area contributed by atoms with Gasteiger partial charge in [0.05, 0.1) is 10.5 Å². The van der Waals surface area contributed by atoms with Gasteiger partial charge in [-0.25, -0.2) is 22.3 Å². The van der Waals surface area contributed by atoms with E-state index in [1.54, 1.807) is 13.8 Å². The third kappa shape index (κ3) is 3.05. The summed E-state index contributed by atoms with van der Waals surface area (Å²) in [6, 6.07) is 1.38. The first kappa shape index (κ1) is 14.6. The number of benzene rings is 1. The van der Waals surface area contributed by atoms with Gasteiger partial charge in [0.25, 0.3) is 0 Å². The third-order valence-corrected chi connectivity index (χ3v) is 4.01. The number of hydrogen-bond donors (Lipinski definition) is 2. The maximum absolute atomic E-state index is 13.5. The Morgan fingerprint density at radius 2 is 1.94 bits per heavy atom. The average molecular weight is 275 g/mol. The van der Waals surface area contributed by atoms with Crippen LogP contribution >= 0.6 is 0 Å². The molecule has 5 nitrogen and oxygen atoms in total. The molecule has 0 saturated carbocycles. The molecule has 0 radical (unpaired) electrons. The van der Waals surface area contributed by atoms with Crippen LogP contribution in [0.2, 0.25) is 0 Å². The molecule has 0 unspecified atom stereocenters. The molecular weight excluding hydrogens is 261 g/mol. The lowest BCUT2D eigenvalue weighted by atomic mass is 10.1. The van der Waals surface area contributed by atoms with Crippen molar-refractivity contribution in [2.24, 2.45) is 0 Å². The molecular formula is C11H14FNO4S. The summed E-state index contributed by atoms with van der Waals surface area (Å²) in [6.07, 6.45) is 0. The first-order valence-electron chi connectivity index (χ1n) is 5.21. The Morgan fingerprint density at radius 1 is 1.39 bits per heavy atom. The number of carboxylic acid groups (broad SMARTS) is 1. The lowest BCUT2D eigenvalue weighted by Gasteiger charge is -2.12. The summed E-state index contributed by atoms with van der Waals surface area (Å²) in [7, 11) is -3.92. The number of rotatable bonds is 4. The quantitative estimate of drug-likeness (QED) is 0.872. The lowest BCUT2D eigenvalue weighted by molar-refractivity contribution is 0.0696. The van der Waals surface area contributed by atoms with Gasteiger partial charge in [0.15, 0.2) is 0 Å². The second-order valence-electron chi connectivity index (χ2n) is 4.16. The summed E-state index contributed by atoms with van der Waals surface area (Å²) in [5.74, 6) is -2.24. The zero-order valence-corrected chi connectivity index (χ0v) is 11.0. The van der Waals surface area contributed by atoms with Gasteiger partial charge >= 0.3 is 5.97 Å². The monoisotopic (exact) mass is 275 g/mol. The number of nitrogens with one attached hydrogen (secondary N) is 1. The summed E-state index contributed by atoms with van der Waals surface area (Å²) in [5, 5.41) is 8.79. The third-order valence-electron chi connectivity index (χ3n) is 2.22. The smallest absolute Gasteiger partial charge is 0.335 e. The van der Waals surface area contributed by atoms with Gasteiger partial charge in [-0.1, -0.05) is 0 Å². The molecule has 0 aromatic heterocycles. The van der Waals surface area contributed by atoms with Crippen LogP contribution < -0.4 is 4.72 Å². The molecule has 1 aromatic carbocycles. The van der Waals surface area contributed by atoms with Crippen molar-refractivity contribution in [3.63, 3.8) is 0 Å². The molecule has 0 aliphatic heterocycles. The number of sulfonamides is 1. The van der Waals surface area contributed by atoms with Crippen molar-refractivity contribution >= 4 is 16.0 Å². The summed E-state index contributed by atoms with van der Waals surface area (Å²) in [6.45, 7) is 4.52. The molecule has 1 aromatic rings. The van der Waals surface area contributed by atoms with Crippen LogP contribution in [0.1, 0.15) is 29.8 Å². The van der Waals surface area contributed by atoms with Gasteiger partial charge in [-0.2, -0.15) is 0 Å². The maximum Gasteiger partial charge on any atom is 0.335 e. The van der Waals surface area contributed by atoms with Crippen LogP contribution in [-0.4, -0.2) is 25.5 Å². The van der Waals surface area contributed by atoms with E-state index in [1.807, 2.05) is 0 Å². The fraction of sp³-hybridized carbons (Fsp3) is 0.364. The zero-order valence-electron chi connectivity index (χ0n) is 10.2. The van der Waals surface area contributed by atoms with Crippen molar-refractivity contribution in [3.8, 4) is 0 Å². The molecule has 0 spiro atoms. The molecule has 0 saturated heterocycles. The highest BCUT2D eigenvalue weighted by Crippen LogP contribution is 2.20. The molecule has 0 amide bonds. The van der Waals surface area contributed by atoms with E-state index in [-0.39, 0.29) is 16.5 Å². The minimum atomic E-state index is -3.92. The standard InChI is InChI=1S/C11H14FNO4S/c1-6(2)13-18(16,17)10-5-8(11(14)15)4-9(12)7(10)3/h4-6,13H,1-3H3,(H,14,15). The van der Waals surface area contributed by atoms with Crippen LogP contribution in [0.25, 0.3) is 0 Å². The van der Waals surface area contributed by atoms with Crippen molar-refractivity contribution in [1.82, 2.24) is 4.72 Å². The van der Waals surface area contributed by atoms with Crippen LogP contribution in [0.15, 0.2) is 17.0 Å². The van der Waals surface area contributed by atoms with E-state index in [1.165, 1.54) is 6.92 Å². The molecule has 0 aliphatic rings. The van der Waals surface area contributed by atoms with Crippen molar-refractivity contribution in [3.05, 3.63) is 29.1 Å². The number of aromatic carboxylic acids is 1. The molecule has 2 N–H and O–H groups in total. The topological polar surface area (TPSA) is 83.5 Å². The Balaban J connectivity index is 3.45. The SMILES string of the molecule is Cc1c(F)cc(C(=O)O)cc1S(=O)(=O)NC(C)C. The molecule has 0 bridgehead atoms. The van der Waals surface area contributed by atoms with Gasteiger partial charge in [0.2, 0.25) is 10.0 Å². The van der Waals surface area contributed by atoms with E-state index < -0.39 is 27.4 Å². The van der Waals surface area contributed by atoms with Crippen molar-refractivity contribution in [2.75, 3.05) is 0 Å². The molecule has 100 valence electrons. The molecule has 0 fully saturated rings. The Morgan fingerprint density at radius 3 is 2.39 bits per heavy atom. The lowest BCUT2D eigenvalue weighted by Crippen LogP contribution is -2.31. The van der Waals surface area contributed by atoms with Crippen LogP contribution in [-0.2, 0) is 10.0 Å². The first-order chi connectivity index (χ1) is 8.15. The van der Waals surface area contributed by atoms with Crippen molar-refractivity contribution < 1.29 is 22.7 Å². The van der Waals surface area contributed by atoms with Crippen molar-refractivity contribution in [1.29, 1.82) is 0 Å². The first-order valence-corrected chi connectivity index (χ1v) is 6.69. The minimum Gasteiger partial charge on any atom is -0.478 e. The Hall–Kier alpha value is -1.47. The summed E-state index contributed by atoms with van der Waals surface area (Å²) < 4.78 is 39.6. The Kier molecular flexibility index (Phi) is 4.08. The summed E-state index contributed by atoms with van der Waals surface area (Å²) in [5.41, 5.74) is -0.504. The van der Waals surface area contributed by atoms with E-state index in [0.29, 0.717) is 0 Å². The van der Waals surface area contributed by atoms with E-state index >= 15 is 0 Å². The van der Waals surface area contributed by atoms with Gasteiger partial charge in [0, 0.05) is 11.6 Å². The molecule has 0 aliphatic carbocycles. The summed E-state index contributed by atoms with van der Waals surface area (Å²) in [4.78, 5) is 10.4. The fourth-order valence-electron chi connectivity index (χ4n) is 1.43. The zero-order chi connectivity index (χ0) is 14.1. The molecule has 0 heterocycles. The normalized spacial score (nSPS) is 11.8. The predicted octanol–water partition coefficient (Wildman–Crippen LogP) is 1.52. The number of carbonyl (C=O) groups is 1. The van der Waals surface area contributed by atoms with Gasteiger partial charge in [-0.15, -0.1) is 0 Å². The van der Waals surface area contributed by atoms with E-state index in [4.69, 9.17) is 5.11 Å². The highest BCUT2D eigenvalue weighted by Gasteiger charge is 2.22. The summed E-state index contributed by atoms with van der Waals surface area (Å²) >= 11 is 0. The molecule has 18 heavy (non-hydrogen) atoms. The number of carboxylic acids is 1. The molecule has 7 heteroatoms. The fourth-order valence-corrected chi connectivity index (χ4v) is 2.96. The van der Waals surface area contributed by atoms with E-state index in [2.05, 4.69) is 4.72 Å². The largest absolute Gasteiger partial charge is 0.478 e. The van der Waals surface area contributed by atoms with E-state index in [9.17, 15) is 17.6 Å². The van der Waals surface area contributed by atoms with Gasteiger partial charge < -0.3 is 5.11 Å². The van der Waals surface area contributed by atoms with Crippen molar-refractivity contribution in [2.45, 2.75) is 31.7 Å². The average Bonchev–Trinajstić information content (AvgIpc) is 2.19. The highest BCUT2D eigenvalue weighted by atomic mass is 32.2. The number of halogens is 1. The Bertz CT molecular complexity index is 581. The highest BCUT2D eigenvalue weighted by molar-refractivity contribution is 7.89. The molecule has 0 atom stereocenters.